The molecule has 2 amide bonds. The molecule has 1 aromatic heterocycles. The first-order chi connectivity index (χ1) is 8.56. The quantitative estimate of drug-likeness (QED) is 0.782. The highest BCUT2D eigenvalue weighted by molar-refractivity contribution is 5.92. The fourth-order valence-electron chi connectivity index (χ4n) is 2.04. The Labute approximate surface area is 104 Å². The van der Waals surface area contributed by atoms with Crippen LogP contribution < -0.4 is 5.32 Å². The van der Waals surface area contributed by atoms with Crippen molar-refractivity contribution in [2.75, 3.05) is 13.1 Å². The van der Waals surface area contributed by atoms with Crippen LogP contribution in [0.3, 0.4) is 0 Å². The van der Waals surface area contributed by atoms with Gasteiger partial charge in [0.1, 0.15) is 5.69 Å². The number of likely N-dealkylation sites (tertiary alicyclic amines) is 1. The lowest BCUT2D eigenvalue weighted by Gasteiger charge is -2.16. The van der Waals surface area contributed by atoms with Gasteiger partial charge < -0.3 is 10.2 Å². The Hall–Kier alpha value is -1.98. The molecular formula is C12H14FN3O2. The molecule has 96 valence electrons. The van der Waals surface area contributed by atoms with Crippen molar-refractivity contribution >= 4 is 11.8 Å². The minimum atomic E-state index is -0.668. The van der Waals surface area contributed by atoms with E-state index in [1.807, 2.05) is 0 Å². The lowest BCUT2D eigenvalue weighted by molar-refractivity contribution is -0.119. The molecule has 2 rings (SSSR count). The Bertz CT molecular complexity index is 478. The van der Waals surface area contributed by atoms with Gasteiger partial charge in [-0.1, -0.05) is 6.07 Å². The Morgan fingerprint density at radius 1 is 1.50 bits per heavy atom. The third-order valence-electron chi connectivity index (χ3n) is 2.82. The van der Waals surface area contributed by atoms with Gasteiger partial charge in [-0.2, -0.15) is 4.39 Å². The number of aromatic nitrogens is 1. The maximum absolute atomic E-state index is 12.9. The number of amides is 2. The first-order valence-electron chi connectivity index (χ1n) is 5.75. The van der Waals surface area contributed by atoms with Crippen molar-refractivity contribution in [3.05, 3.63) is 29.8 Å². The van der Waals surface area contributed by atoms with Gasteiger partial charge in [0, 0.05) is 26.1 Å². The van der Waals surface area contributed by atoms with Gasteiger partial charge in [0.05, 0.1) is 0 Å². The molecular weight excluding hydrogens is 237 g/mol. The number of pyridine rings is 1. The molecule has 1 aliphatic heterocycles. The first-order valence-corrected chi connectivity index (χ1v) is 5.75. The van der Waals surface area contributed by atoms with Gasteiger partial charge in [0.15, 0.2) is 0 Å². The number of halogens is 1. The van der Waals surface area contributed by atoms with Crippen LogP contribution >= 0.6 is 0 Å². The first kappa shape index (κ1) is 12.5. The highest BCUT2D eigenvalue weighted by atomic mass is 19.1. The second-order valence-corrected chi connectivity index (χ2v) is 4.28. The molecule has 6 heteroatoms. The molecule has 1 atom stereocenters. The summed E-state index contributed by atoms with van der Waals surface area (Å²) in [6.07, 6.45) is 0.709. The van der Waals surface area contributed by atoms with E-state index in [0.717, 1.165) is 0 Å². The van der Waals surface area contributed by atoms with Gasteiger partial charge in [0.2, 0.25) is 11.9 Å². The van der Waals surface area contributed by atoms with Crippen LogP contribution in [0.4, 0.5) is 4.39 Å². The minimum Gasteiger partial charge on any atom is -0.352 e. The zero-order valence-corrected chi connectivity index (χ0v) is 10.0. The van der Waals surface area contributed by atoms with Crippen molar-refractivity contribution in [3.8, 4) is 0 Å². The van der Waals surface area contributed by atoms with E-state index in [0.29, 0.717) is 19.5 Å². The third kappa shape index (κ3) is 2.82. The summed E-state index contributed by atoms with van der Waals surface area (Å²) in [5, 5.41) is 2.76. The van der Waals surface area contributed by atoms with Crippen molar-refractivity contribution in [2.24, 2.45) is 0 Å². The Morgan fingerprint density at radius 3 is 2.94 bits per heavy atom. The van der Waals surface area contributed by atoms with E-state index in [-0.39, 0.29) is 23.6 Å². The van der Waals surface area contributed by atoms with Gasteiger partial charge in [-0.05, 0) is 18.6 Å². The van der Waals surface area contributed by atoms with Crippen LogP contribution in [0.5, 0.6) is 0 Å². The van der Waals surface area contributed by atoms with E-state index >= 15 is 0 Å². The molecule has 0 spiro atoms. The lowest BCUT2D eigenvalue weighted by Crippen LogP contribution is -2.37. The summed E-state index contributed by atoms with van der Waals surface area (Å²) < 4.78 is 12.9. The number of nitrogens with one attached hydrogen (secondary N) is 1. The number of carbonyl (C=O) groups excluding carboxylic acids is 2. The molecule has 1 fully saturated rings. The van der Waals surface area contributed by atoms with Gasteiger partial charge in [-0.25, -0.2) is 4.98 Å². The van der Waals surface area contributed by atoms with Crippen molar-refractivity contribution in [1.82, 2.24) is 15.2 Å². The Balaban J connectivity index is 2.01. The van der Waals surface area contributed by atoms with E-state index in [9.17, 15) is 14.0 Å². The van der Waals surface area contributed by atoms with Crippen LogP contribution in [0.25, 0.3) is 0 Å². The molecule has 0 aliphatic carbocycles. The van der Waals surface area contributed by atoms with Crippen molar-refractivity contribution in [3.63, 3.8) is 0 Å². The van der Waals surface area contributed by atoms with Crippen LogP contribution in [0.2, 0.25) is 0 Å². The zero-order valence-electron chi connectivity index (χ0n) is 10.0. The van der Waals surface area contributed by atoms with Crippen LogP contribution in [-0.4, -0.2) is 40.8 Å². The van der Waals surface area contributed by atoms with Crippen LogP contribution in [-0.2, 0) is 4.79 Å². The number of hydrogen-bond donors (Lipinski definition) is 1. The summed E-state index contributed by atoms with van der Waals surface area (Å²) in [5.74, 6) is -1.08. The van der Waals surface area contributed by atoms with Gasteiger partial charge >= 0.3 is 0 Å². The van der Waals surface area contributed by atoms with E-state index in [1.165, 1.54) is 25.1 Å². The van der Waals surface area contributed by atoms with Gasteiger partial charge in [-0.15, -0.1) is 0 Å². The molecule has 1 aromatic rings. The lowest BCUT2D eigenvalue weighted by atomic mass is 10.2. The number of nitrogens with zero attached hydrogens (tertiary/aromatic N) is 2. The number of hydrogen-bond acceptors (Lipinski definition) is 3. The van der Waals surface area contributed by atoms with E-state index in [2.05, 4.69) is 10.3 Å². The zero-order chi connectivity index (χ0) is 13.1. The predicted molar refractivity (Wildman–Crippen MR) is 62.3 cm³/mol. The highest BCUT2D eigenvalue weighted by Gasteiger charge is 2.27. The molecule has 0 saturated carbocycles. The van der Waals surface area contributed by atoms with Crippen molar-refractivity contribution < 1.29 is 14.0 Å². The summed E-state index contributed by atoms with van der Waals surface area (Å²) in [6.45, 7) is 2.43. The maximum Gasteiger partial charge on any atom is 0.272 e. The molecule has 1 aliphatic rings. The molecule has 0 aromatic carbocycles. The van der Waals surface area contributed by atoms with Gasteiger partial charge in [-0.3, -0.25) is 9.59 Å². The summed E-state index contributed by atoms with van der Waals surface area (Å²) >= 11 is 0. The average Bonchev–Trinajstić information content (AvgIpc) is 2.75. The molecule has 1 N–H and O–H groups in total. The summed E-state index contributed by atoms with van der Waals surface area (Å²) in [7, 11) is 0. The van der Waals surface area contributed by atoms with Crippen LogP contribution in [0.1, 0.15) is 23.8 Å². The second kappa shape index (κ2) is 5.12. The van der Waals surface area contributed by atoms with Crippen molar-refractivity contribution in [2.45, 2.75) is 19.4 Å². The molecule has 0 radical (unpaired) electrons. The predicted octanol–water partition coefficient (Wildman–Crippen LogP) is 0.571. The van der Waals surface area contributed by atoms with E-state index in [1.54, 1.807) is 4.90 Å². The fraction of sp³-hybridized carbons (Fsp3) is 0.417. The SMILES string of the molecule is CC(=O)NC1CCN(C(=O)c2cccc(F)n2)C1. The summed E-state index contributed by atoms with van der Waals surface area (Å²) in [5.41, 5.74) is 0.0958. The summed E-state index contributed by atoms with van der Waals surface area (Å²) in [4.78, 5) is 28.1. The Morgan fingerprint density at radius 2 is 2.28 bits per heavy atom. The number of carbonyl (C=O) groups is 2. The van der Waals surface area contributed by atoms with E-state index < -0.39 is 5.95 Å². The number of rotatable bonds is 2. The van der Waals surface area contributed by atoms with E-state index in [4.69, 9.17) is 0 Å². The monoisotopic (exact) mass is 251 g/mol. The largest absolute Gasteiger partial charge is 0.352 e. The van der Waals surface area contributed by atoms with Gasteiger partial charge in [0.25, 0.3) is 5.91 Å². The highest BCUT2D eigenvalue weighted by Crippen LogP contribution is 2.12. The Kier molecular flexibility index (Phi) is 3.55. The molecule has 18 heavy (non-hydrogen) atoms. The third-order valence-corrected chi connectivity index (χ3v) is 2.82. The van der Waals surface area contributed by atoms with Crippen LogP contribution in [0, 0.1) is 5.95 Å². The van der Waals surface area contributed by atoms with Crippen molar-refractivity contribution in [1.29, 1.82) is 0 Å². The summed E-state index contributed by atoms with van der Waals surface area (Å²) in [6, 6.07) is 4.11. The average molecular weight is 251 g/mol. The maximum atomic E-state index is 12.9. The molecule has 1 saturated heterocycles. The standard InChI is InChI=1S/C12H14FN3O2/c1-8(17)14-9-5-6-16(7-9)12(18)10-3-2-4-11(13)15-10/h2-4,9H,5-7H2,1H3,(H,14,17). The second-order valence-electron chi connectivity index (χ2n) is 4.28. The minimum absolute atomic E-state index is 0.0278. The molecule has 5 nitrogen and oxygen atoms in total. The molecule has 2 heterocycles. The molecule has 0 bridgehead atoms. The smallest absolute Gasteiger partial charge is 0.272 e. The van der Waals surface area contributed by atoms with Crippen LogP contribution in [0.15, 0.2) is 18.2 Å². The fourth-order valence-corrected chi connectivity index (χ4v) is 2.04. The molecule has 1 unspecified atom stereocenters. The normalized spacial score (nSPS) is 18.8. The topological polar surface area (TPSA) is 62.3 Å².